The van der Waals surface area contributed by atoms with E-state index in [1.807, 2.05) is 21.0 Å². The van der Waals surface area contributed by atoms with Crippen molar-refractivity contribution in [2.24, 2.45) is 0 Å². The van der Waals surface area contributed by atoms with Gasteiger partial charge in [0.25, 0.3) is 0 Å². The van der Waals surface area contributed by atoms with Crippen molar-refractivity contribution in [1.82, 2.24) is 4.90 Å². The Morgan fingerprint density at radius 2 is 1.78 bits per heavy atom. The van der Waals surface area contributed by atoms with E-state index in [0.29, 0.717) is 0 Å². The second-order valence-corrected chi connectivity index (χ2v) is 2.77. The van der Waals surface area contributed by atoms with Gasteiger partial charge in [-0.3, -0.25) is 4.90 Å². The zero-order valence-electron chi connectivity index (χ0n) is 7.06. The van der Waals surface area contributed by atoms with Crippen LogP contribution in [0.1, 0.15) is 20.8 Å². The predicted octanol–water partition coefficient (Wildman–Crippen LogP) is 1.32. The summed E-state index contributed by atoms with van der Waals surface area (Å²) in [6.45, 7) is 6.88. The fourth-order valence-electron chi connectivity index (χ4n) is 0.482. The van der Waals surface area contributed by atoms with Gasteiger partial charge in [-0.2, -0.15) is 0 Å². The average molecular weight is 131 g/mol. The van der Waals surface area contributed by atoms with Gasteiger partial charge in [0.05, 0.1) is 0 Å². The van der Waals surface area contributed by atoms with Crippen molar-refractivity contribution in [1.29, 1.82) is 0 Å². The molecule has 0 aromatic carbocycles. The lowest BCUT2D eigenvalue weighted by Crippen LogP contribution is -2.40. The molecule has 0 unspecified atom stereocenters. The van der Waals surface area contributed by atoms with Crippen LogP contribution in [0.2, 0.25) is 0 Å². The minimum atomic E-state index is -0.116. The third-order valence-corrected chi connectivity index (χ3v) is 1.57. The maximum absolute atomic E-state index is 5.42. The zero-order valence-corrected chi connectivity index (χ0v) is 7.06. The molecule has 0 spiro atoms. The van der Waals surface area contributed by atoms with E-state index in [2.05, 4.69) is 18.7 Å². The van der Waals surface area contributed by atoms with Gasteiger partial charge >= 0.3 is 0 Å². The van der Waals surface area contributed by atoms with Gasteiger partial charge in [-0.25, -0.2) is 0 Å². The van der Waals surface area contributed by atoms with Crippen LogP contribution in [0.3, 0.4) is 0 Å². The van der Waals surface area contributed by atoms with Gasteiger partial charge in [-0.1, -0.05) is 0 Å². The van der Waals surface area contributed by atoms with Crippen LogP contribution < -0.4 is 0 Å². The molecule has 0 rings (SSSR count). The fraction of sp³-hybridized carbons (Fsp3) is 1.00. The van der Waals surface area contributed by atoms with Crippen LogP contribution in [0.15, 0.2) is 0 Å². The lowest BCUT2D eigenvalue weighted by Gasteiger charge is -2.31. The van der Waals surface area contributed by atoms with E-state index in [0.717, 1.165) is 6.61 Å². The molecule has 0 saturated carbocycles. The van der Waals surface area contributed by atoms with E-state index in [-0.39, 0.29) is 5.72 Å². The molecule has 56 valence electrons. The van der Waals surface area contributed by atoms with Crippen molar-refractivity contribution in [3.8, 4) is 0 Å². The van der Waals surface area contributed by atoms with Crippen LogP contribution >= 0.6 is 0 Å². The van der Waals surface area contributed by atoms with Gasteiger partial charge in [0.2, 0.25) is 0 Å². The van der Waals surface area contributed by atoms with Gasteiger partial charge in [-0.15, -0.1) is 0 Å². The molecule has 0 amide bonds. The Kier molecular flexibility index (Phi) is 3.15. The zero-order chi connectivity index (χ0) is 7.49. The maximum Gasteiger partial charge on any atom is 0.115 e. The highest BCUT2D eigenvalue weighted by molar-refractivity contribution is 4.62. The summed E-state index contributed by atoms with van der Waals surface area (Å²) in [5.41, 5.74) is -0.116. The maximum atomic E-state index is 5.42. The molecule has 0 aromatic heterocycles. The second-order valence-electron chi connectivity index (χ2n) is 2.77. The third-order valence-electron chi connectivity index (χ3n) is 1.57. The Morgan fingerprint density at radius 1 is 1.33 bits per heavy atom. The molecular formula is C7H17NO. The monoisotopic (exact) mass is 131 g/mol. The Labute approximate surface area is 57.8 Å². The first-order chi connectivity index (χ1) is 4.00. The minimum Gasteiger partial charge on any atom is -0.361 e. The molecule has 2 nitrogen and oxygen atoms in total. The molecular weight excluding hydrogens is 114 g/mol. The molecule has 0 radical (unpaired) electrons. The predicted molar refractivity (Wildman–Crippen MR) is 39.4 cm³/mol. The van der Waals surface area contributed by atoms with Gasteiger partial charge in [0, 0.05) is 6.61 Å². The van der Waals surface area contributed by atoms with Crippen LogP contribution in [0.25, 0.3) is 0 Å². The van der Waals surface area contributed by atoms with Crippen molar-refractivity contribution in [3.05, 3.63) is 0 Å². The number of rotatable bonds is 3. The first kappa shape index (κ1) is 8.92. The van der Waals surface area contributed by atoms with E-state index < -0.39 is 0 Å². The topological polar surface area (TPSA) is 12.5 Å². The molecule has 0 aliphatic rings. The quantitative estimate of drug-likeness (QED) is 0.536. The molecule has 2 heteroatoms. The number of nitrogens with zero attached hydrogens (tertiary/aromatic N) is 1. The molecule has 0 atom stereocenters. The van der Waals surface area contributed by atoms with Crippen molar-refractivity contribution >= 4 is 0 Å². The van der Waals surface area contributed by atoms with Gasteiger partial charge in [-0.05, 0) is 34.9 Å². The lowest BCUT2D eigenvalue weighted by atomic mass is 10.3. The number of ether oxygens (including phenoxy) is 1. The van der Waals surface area contributed by atoms with Gasteiger partial charge < -0.3 is 4.74 Å². The summed E-state index contributed by atoms with van der Waals surface area (Å²) < 4.78 is 5.42. The first-order valence-corrected chi connectivity index (χ1v) is 3.32. The molecule has 0 aliphatic heterocycles. The molecule has 0 aromatic rings. The van der Waals surface area contributed by atoms with E-state index >= 15 is 0 Å². The Bertz CT molecular complexity index is 79.0. The van der Waals surface area contributed by atoms with Crippen LogP contribution in [0.5, 0.6) is 0 Å². The highest BCUT2D eigenvalue weighted by Crippen LogP contribution is 2.10. The summed E-state index contributed by atoms with van der Waals surface area (Å²) in [6.07, 6.45) is 0. The molecule has 0 saturated heterocycles. The van der Waals surface area contributed by atoms with Crippen LogP contribution in [0.4, 0.5) is 0 Å². The van der Waals surface area contributed by atoms with Crippen molar-refractivity contribution in [3.63, 3.8) is 0 Å². The van der Waals surface area contributed by atoms with E-state index in [9.17, 15) is 0 Å². The first-order valence-electron chi connectivity index (χ1n) is 3.32. The summed E-state index contributed by atoms with van der Waals surface area (Å²) in [5, 5.41) is 0. The fourth-order valence-corrected chi connectivity index (χ4v) is 0.482. The highest BCUT2D eigenvalue weighted by atomic mass is 16.5. The molecule has 0 bridgehead atoms. The second kappa shape index (κ2) is 3.18. The molecule has 0 heterocycles. The standard InChI is InChI=1S/C7H17NO/c1-6-9-7(2,3)8(4)5/h6H2,1-5H3. The Balaban J connectivity index is 3.70. The normalized spacial score (nSPS) is 12.7. The van der Waals surface area contributed by atoms with Crippen molar-refractivity contribution in [2.75, 3.05) is 20.7 Å². The third kappa shape index (κ3) is 2.82. The van der Waals surface area contributed by atoms with Crippen molar-refractivity contribution in [2.45, 2.75) is 26.5 Å². The summed E-state index contributed by atoms with van der Waals surface area (Å²) >= 11 is 0. The number of hydrogen-bond acceptors (Lipinski definition) is 2. The number of hydrogen-bond donors (Lipinski definition) is 0. The van der Waals surface area contributed by atoms with E-state index in [1.165, 1.54) is 0 Å². The average Bonchev–Trinajstić information content (AvgIpc) is 1.65. The largest absolute Gasteiger partial charge is 0.361 e. The SMILES string of the molecule is CCOC(C)(C)N(C)C. The van der Waals surface area contributed by atoms with Gasteiger partial charge in [0.1, 0.15) is 5.72 Å². The van der Waals surface area contributed by atoms with Gasteiger partial charge in [0.15, 0.2) is 0 Å². The molecule has 0 N–H and O–H groups in total. The summed E-state index contributed by atoms with van der Waals surface area (Å²) in [6, 6.07) is 0. The van der Waals surface area contributed by atoms with Crippen LogP contribution in [-0.2, 0) is 4.74 Å². The summed E-state index contributed by atoms with van der Waals surface area (Å²) in [7, 11) is 4.02. The lowest BCUT2D eigenvalue weighted by molar-refractivity contribution is -0.106. The van der Waals surface area contributed by atoms with E-state index in [1.54, 1.807) is 0 Å². The van der Waals surface area contributed by atoms with Crippen LogP contribution in [0, 0.1) is 0 Å². The minimum absolute atomic E-state index is 0.116. The summed E-state index contributed by atoms with van der Waals surface area (Å²) in [4.78, 5) is 2.05. The van der Waals surface area contributed by atoms with Crippen LogP contribution in [-0.4, -0.2) is 31.3 Å². The highest BCUT2D eigenvalue weighted by Gasteiger charge is 2.18. The Hall–Kier alpha value is -0.0800. The molecule has 0 fully saturated rings. The molecule has 0 aliphatic carbocycles. The van der Waals surface area contributed by atoms with Crippen molar-refractivity contribution < 1.29 is 4.74 Å². The Morgan fingerprint density at radius 3 is 1.89 bits per heavy atom. The summed E-state index contributed by atoms with van der Waals surface area (Å²) in [5.74, 6) is 0. The molecule has 9 heavy (non-hydrogen) atoms. The smallest absolute Gasteiger partial charge is 0.115 e. The van der Waals surface area contributed by atoms with E-state index in [4.69, 9.17) is 4.74 Å².